The molecule has 8 nitrogen and oxygen atoms in total. The zero-order chi connectivity index (χ0) is 25.8. The van der Waals surface area contributed by atoms with E-state index in [9.17, 15) is 29.0 Å². The Bertz CT molecular complexity index is 1260. The summed E-state index contributed by atoms with van der Waals surface area (Å²) in [6, 6.07) is 13.5. The average Bonchev–Trinajstić information content (AvgIpc) is 3.43. The summed E-state index contributed by atoms with van der Waals surface area (Å²) in [5.74, 6) is -1.89. The maximum atomic E-state index is 14.3. The molecule has 0 bridgehead atoms. The highest BCUT2D eigenvalue weighted by Crippen LogP contribution is 2.29. The minimum absolute atomic E-state index is 0.0520. The number of aryl methyl sites for hydroxylation is 1. The molecule has 4 rings (SSSR count). The zero-order valence-electron chi connectivity index (χ0n) is 20.1. The SMILES string of the molecule is CC(O)c1cn(CC(=O)N2C[C@H](F)C[C@H]2C(=O)NCCCc2ccccc2)c2ccc(C(=O)O)cc12. The molecule has 1 saturated heterocycles. The van der Waals surface area contributed by atoms with Gasteiger partial charge in [0.15, 0.2) is 0 Å². The number of carboxylic acids is 1. The van der Waals surface area contributed by atoms with E-state index < -0.39 is 30.2 Å². The third-order valence-electron chi connectivity index (χ3n) is 6.57. The van der Waals surface area contributed by atoms with Crippen molar-refractivity contribution in [2.45, 2.75) is 51.0 Å². The van der Waals surface area contributed by atoms with Gasteiger partial charge in [0.1, 0.15) is 18.8 Å². The number of amides is 2. The fourth-order valence-electron chi connectivity index (χ4n) is 4.73. The predicted molar refractivity (Wildman–Crippen MR) is 132 cm³/mol. The number of rotatable bonds is 9. The molecule has 0 aliphatic carbocycles. The van der Waals surface area contributed by atoms with Gasteiger partial charge in [0, 0.05) is 35.6 Å². The smallest absolute Gasteiger partial charge is 0.335 e. The number of likely N-dealkylation sites (tertiary alicyclic amines) is 1. The topological polar surface area (TPSA) is 112 Å². The number of carboxylic acid groups (broad SMARTS) is 1. The standard InChI is InChI=1S/C27H30FN3O5/c1-17(32)22-15-30(23-10-9-19(27(35)36)12-21(22)23)16-25(33)31-14-20(28)13-24(31)26(34)29-11-5-8-18-6-3-2-4-7-18/h2-4,6-7,9-10,12,15,17,20,24,32H,5,8,11,13-14,16H2,1H3,(H,29,34)(H,35,36)/t17?,20-,24+/m1/s1. The van der Waals surface area contributed by atoms with Crippen molar-refractivity contribution in [3.8, 4) is 0 Å². The lowest BCUT2D eigenvalue weighted by Gasteiger charge is -2.24. The van der Waals surface area contributed by atoms with Crippen LogP contribution in [0.25, 0.3) is 10.9 Å². The van der Waals surface area contributed by atoms with Crippen LogP contribution in [0.4, 0.5) is 4.39 Å². The summed E-state index contributed by atoms with van der Waals surface area (Å²) in [6.45, 7) is 1.66. The van der Waals surface area contributed by atoms with Gasteiger partial charge in [-0.25, -0.2) is 9.18 Å². The minimum Gasteiger partial charge on any atom is -0.478 e. The Morgan fingerprint density at radius 3 is 2.61 bits per heavy atom. The molecule has 0 radical (unpaired) electrons. The van der Waals surface area contributed by atoms with Crippen LogP contribution in [0, 0.1) is 0 Å². The number of aromatic nitrogens is 1. The number of nitrogens with zero attached hydrogens (tertiary/aromatic N) is 2. The summed E-state index contributed by atoms with van der Waals surface area (Å²) in [4.78, 5) is 38.7. The summed E-state index contributed by atoms with van der Waals surface area (Å²) >= 11 is 0. The first kappa shape index (κ1) is 25.4. The minimum atomic E-state index is -1.29. The second-order valence-corrected chi connectivity index (χ2v) is 9.20. The quantitative estimate of drug-likeness (QED) is 0.395. The molecule has 0 saturated carbocycles. The van der Waals surface area contributed by atoms with Crippen LogP contribution < -0.4 is 5.32 Å². The fraction of sp³-hybridized carbons (Fsp3) is 0.370. The van der Waals surface area contributed by atoms with E-state index in [1.807, 2.05) is 30.3 Å². The number of hydrogen-bond donors (Lipinski definition) is 3. The number of carbonyl (C=O) groups is 3. The van der Waals surface area contributed by atoms with Crippen LogP contribution >= 0.6 is 0 Å². The highest BCUT2D eigenvalue weighted by atomic mass is 19.1. The van der Waals surface area contributed by atoms with Crippen LogP contribution in [-0.2, 0) is 22.6 Å². The van der Waals surface area contributed by atoms with Crippen molar-refractivity contribution in [1.82, 2.24) is 14.8 Å². The van der Waals surface area contributed by atoms with E-state index in [4.69, 9.17) is 0 Å². The number of alkyl halides is 1. The van der Waals surface area contributed by atoms with Gasteiger partial charge in [0.05, 0.1) is 18.2 Å². The molecule has 9 heteroatoms. The molecule has 3 aromatic rings. The van der Waals surface area contributed by atoms with Crippen LogP contribution in [0.5, 0.6) is 0 Å². The Labute approximate surface area is 208 Å². The van der Waals surface area contributed by atoms with Crippen molar-refractivity contribution < 1.29 is 29.0 Å². The van der Waals surface area contributed by atoms with Crippen LogP contribution in [-0.4, -0.2) is 62.8 Å². The molecule has 2 amide bonds. The lowest BCUT2D eigenvalue weighted by molar-refractivity contribution is -0.138. The molecule has 190 valence electrons. The molecule has 1 aromatic heterocycles. The van der Waals surface area contributed by atoms with Gasteiger partial charge in [-0.1, -0.05) is 30.3 Å². The molecule has 1 aliphatic heterocycles. The summed E-state index contributed by atoms with van der Waals surface area (Å²) in [7, 11) is 0. The first-order valence-corrected chi connectivity index (χ1v) is 12.0. The summed E-state index contributed by atoms with van der Waals surface area (Å²) in [5, 5.41) is 22.8. The van der Waals surface area contributed by atoms with Crippen molar-refractivity contribution >= 4 is 28.7 Å². The van der Waals surface area contributed by atoms with Crippen LogP contribution in [0.1, 0.15) is 47.4 Å². The fourth-order valence-corrected chi connectivity index (χ4v) is 4.73. The normalized spacial score (nSPS) is 18.4. The Kier molecular flexibility index (Phi) is 7.69. The second kappa shape index (κ2) is 10.9. The van der Waals surface area contributed by atoms with E-state index in [1.165, 1.54) is 22.6 Å². The number of benzene rings is 2. The Morgan fingerprint density at radius 1 is 1.17 bits per heavy atom. The molecule has 1 aliphatic rings. The van der Waals surface area contributed by atoms with Crippen molar-refractivity contribution in [2.75, 3.05) is 13.1 Å². The Hall–Kier alpha value is -3.72. The van der Waals surface area contributed by atoms with Gasteiger partial charge in [-0.2, -0.15) is 0 Å². The summed E-state index contributed by atoms with van der Waals surface area (Å²) in [6.07, 6.45) is 0.900. The van der Waals surface area contributed by atoms with E-state index in [0.717, 1.165) is 12.8 Å². The molecular formula is C27H30FN3O5. The number of aromatic carboxylic acids is 1. The molecule has 36 heavy (non-hydrogen) atoms. The van der Waals surface area contributed by atoms with Gasteiger partial charge in [-0.3, -0.25) is 9.59 Å². The Morgan fingerprint density at radius 2 is 1.92 bits per heavy atom. The number of aliphatic hydroxyl groups excluding tert-OH is 1. The molecule has 0 spiro atoms. The molecule has 3 N–H and O–H groups in total. The predicted octanol–water partition coefficient (Wildman–Crippen LogP) is 3.08. The average molecular weight is 496 g/mol. The second-order valence-electron chi connectivity index (χ2n) is 9.20. The van der Waals surface area contributed by atoms with Gasteiger partial charge in [-0.15, -0.1) is 0 Å². The number of halogens is 1. The number of nitrogens with one attached hydrogen (secondary N) is 1. The van der Waals surface area contributed by atoms with Crippen LogP contribution in [0.2, 0.25) is 0 Å². The molecule has 3 atom stereocenters. The number of hydrogen-bond acceptors (Lipinski definition) is 4. The van der Waals surface area contributed by atoms with Crippen molar-refractivity contribution in [1.29, 1.82) is 0 Å². The largest absolute Gasteiger partial charge is 0.478 e. The van der Waals surface area contributed by atoms with Crippen LogP contribution in [0.15, 0.2) is 54.7 Å². The summed E-state index contributed by atoms with van der Waals surface area (Å²) < 4.78 is 15.9. The third-order valence-corrected chi connectivity index (χ3v) is 6.57. The monoisotopic (exact) mass is 495 g/mol. The molecule has 1 fully saturated rings. The third kappa shape index (κ3) is 5.57. The van der Waals surface area contributed by atoms with E-state index in [-0.39, 0.29) is 31.0 Å². The van der Waals surface area contributed by atoms with E-state index in [0.29, 0.717) is 23.0 Å². The van der Waals surface area contributed by atoms with Gasteiger partial charge in [0.2, 0.25) is 11.8 Å². The van der Waals surface area contributed by atoms with Crippen molar-refractivity contribution in [3.05, 3.63) is 71.4 Å². The van der Waals surface area contributed by atoms with Crippen molar-refractivity contribution in [2.24, 2.45) is 0 Å². The van der Waals surface area contributed by atoms with E-state index >= 15 is 0 Å². The van der Waals surface area contributed by atoms with E-state index in [2.05, 4.69) is 5.32 Å². The van der Waals surface area contributed by atoms with E-state index in [1.54, 1.807) is 23.8 Å². The van der Waals surface area contributed by atoms with Crippen LogP contribution in [0.3, 0.4) is 0 Å². The first-order chi connectivity index (χ1) is 17.2. The van der Waals surface area contributed by atoms with Crippen molar-refractivity contribution in [3.63, 3.8) is 0 Å². The van der Waals surface area contributed by atoms with Gasteiger partial charge in [-0.05, 0) is 43.5 Å². The maximum absolute atomic E-state index is 14.3. The maximum Gasteiger partial charge on any atom is 0.335 e. The molecule has 2 aromatic carbocycles. The first-order valence-electron chi connectivity index (χ1n) is 12.0. The highest BCUT2D eigenvalue weighted by molar-refractivity contribution is 5.96. The lowest BCUT2D eigenvalue weighted by atomic mass is 10.1. The Balaban J connectivity index is 1.44. The lowest BCUT2D eigenvalue weighted by Crippen LogP contribution is -2.47. The highest BCUT2D eigenvalue weighted by Gasteiger charge is 2.39. The van der Waals surface area contributed by atoms with Gasteiger partial charge >= 0.3 is 5.97 Å². The zero-order valence-corrected chi connectivity index (χ0v) is 20.1. The number of carbonyl (C=O) groups excluding carboxylic acids is 2. The van der Waals surface area contributed by atoms with Gasteiger partial charge < -0.3 is 25.0 Å². The molecular weight excluding hydrogens is 465 g/mol. The molecule has 2 heterocycles. The van der Waals surface area contributed by atoms with Gasteiger partial charge in [0.25, 0.3) is 0 Å². The number of fused-ring (bicyclic) bond motifs is 1. The molecule has 1 unspecified atom stereocenters. The summed E-state index contributed by atoms with van der Waals surface area (Å²) in [5.41, 5.74) is 2.29. The number of aliphatic hydroxyl groups is 1.